The molecule has 0 bridgehead atoms. The van der Waals surface area contributed by atoms with Gasteiger partial charge in [-0.25, -0.2) is 0 Å². The molecule has 0 saturated heterocycles. The van der Waals surface area contributed by atoms with E-state index >= 15 is 0 Å². The fourth-order valence-corrected chi connectivity index (χ4v) is 3.48. The van der Waals surface area contributed by atoms with E-state index < -0.39 is 17.2 Å². The SMILES string of the molecule is CCOc1ccc(C(=O)c2c(C)c(C#N)c(=O)n(CCc3ccc(OC)cc3)c2O)cc1. The largest absolute Gasteiger partial charge is 0.497 e. The lowest BCUT2D eigenvalue weighted by Gasteiger charge is -2.16. The molecule has 0 saturated carbocycles. The number of nitrogens with zero attached hydrogens (tertiary/aromatic N) is 2. The molecule has 164 valence electrons. The highest BCUT2D eigenvalue weighted by Crippen LogP contribution is 2.26. The number of aryl methyl sites for hydroxylation is 1. The molecule has 0 spiro atoms. The molecular weight excluding hydrogens is 408 g/mol. The van der Waals surface area contributed by atoms with Crippen molar-refractivity contribution in [2.24, 2.45) is 0 Å². The van der Waals surface area contributed by atoms with Crippen molar-refractivity contribution < 1.29 is 19.4 Å². The Morgan fingerprint density at radius 3 is 2.28 bits per heavy atom. The summed E-state index contributed by atoms with van der Waals surface area (Å²) in [6, 6.07) is 15.7. The van der Waals surface area contributed by atoms with Crippen molar-refractivity contribution in [1.82, 2.24) is 4.57 Å². The van der Waals surface area contributed by atoms with Gasteiger partial charge in [-0.2, -0.15) is 5.26 Å². The van der Waals surface area contributed by atoms with Crippen molar-refractivity contribution in [2.45, 2.75) is 26.8 Å². The summed E-state index contributed by atoms with van der Waals surface area (Å²) in [6.45, 7) is 3.96. The number of aromatic nitrogens is 1. The van der Waals surface area contributed by atoms with Crippen molar-refractivity contribution in [1.29, 1.82) is 5.26 Å². The summed E-state index contributed by atoms with van der Waals surface area (Å²) >= 11 is 0. The average Bonchev–Trinajstić information content (AvgIpc) is 2.80. The van der Waals surface area contributed by atoms with E-state index in [0.29, 0.717) is 30.1 Å². The normalized spacial score (nSPS) is 10.4. The number of rotatable bonds is 8. The lowest BCUT2D eigenvalue weighted by molar-refractivity contribution is 0.103. The minimum absolute atomic E-state index is 0.0555. The van der Waals surface area contributed by atoms with Crippen LogP contribution in [0.5, 0.6) is 17.4 Å². The Hall–Kier alpha value is -4.05. The minimum atomic E-state index is -0.626. The summed E-state index contributed by atoms with van der Waals surface area (Å²) in [6.07, 6.45) is 0.419. The first-order valence-corrected chi connectivity index (χ1v) is 10.2. The molecule has 3 rings (SSSR count). The molecule has 2 aromatic carbocycles. The fourth-order valence-electron chi connectivity index (χ4n) is 3.48. The maximum Gasteiger partial charge on any atom is 0.271 e. The number of benzene rings is 2. The molecule has 7 nitrogen and oxygen atoms in total. The smallest absolute Gasteiger partial charge is 0.271 e. The van der Waals surface area contributed by atoms with Crippen LogP contribution in [0.3, 0.4) is 0 Å². The zero-order valence-electron chi connectivity index (χ0n) is 18.2. The van der Waals surface area contributed by atoms with Crippen molar-refractivity contribution in [3.05, 3.63) is 86.7 Å². The molecule has 0 aliphatic carbocycles. The Kier molecular flexibility index (Phi) is 6.96. The van der Waals surface area contributed by atoms with Gasteiger partial charge in [0.15, 0.2) is 5.78 Å². The van der Waals surface area contributed by atoms with E-state index in [4.69, 9.17) is 9.47 Å². The predicted molar refractivity (Wildman–Crippen MR) is 120 cm³/mol. The first-order valence-electron chi connectivity index (χ1n) is 10.2. The van der Waals surface area contributed by atoms with Crippen molar-refractivity contribution >= 4 is 5.78 Å². The number of pyridine rings is 1. The maximum atomic E-state index is 13.2. The summed E-state index contributed by atoms with van der Waals surface area (Å²) in [5.74, 6) is 0.405. The van der Waals surface area contributed by atoms with Crippen molar-refractivity contribution in [3.63, 3.8) is 0 Å². The summed E-state index contributed by atoms with van der Waals surface area (Å²) in [7, 11) is 1.57. The number of nitriles is 1. The summed E-state index contributed by atoms with van der Waals surface area (Å²) < 4.78 is 11.6. The van der Waals surface area contributed by atoms with Crippen LogP contribution in [-0.2, 0) is 13.0 Å². The number of ether oxygens (including phenoxy) is 2. The third-order valence-electron chi connectivity index (χ3n) is 5.24. The molecular formula is C25H24N2O5. The van der Waals surface area contributed by atoms with E-state index in [1.807, 2.05) is 25.1 Å². The third kappa shape index (κ3) is 4.49. The van der Waals surface area contributed by atoms with Gasteiger partial charge in [-0.15, -0.1) is 0 Å². The van der Waals surface area contributed by atoms with E-state index in [9.17, 15) is 20.0 Å². The first-order chi connectivity index (χ1) is 15.4. The van der Waals surface area contributed by atoms with Gasteiger partial charge >= 0.3 is 0 Å². The molecule has 3 aromatic rings. The Morgan fingerprint density at radius 1 is 1.09 bits per heavy atom. The molecule has 1 N–H and O–H groups in total. The third-order valence-corrected chi connectivity index (χ3v) is 5.24. The molecule has 0 atom stereocenters. The van der Waals surface area contributed by atoms with Crippen LogP contribution in [0.4, 0.5) is 0 Å². The monoisotopic (exact) mass is 432 g/mol. The lowest BCUT2D eigenvalue weighted by atomic mass is 9.97. The molecule has 7 heteroatoms. The molecule has 0 radical (unpaired) electrons. The Morgan fingerprint density at radius 2 is 1.72 bits per heavy atom. The van der Waals surface area contributed by atoms with Gasteiger partial charge in [0.05, 0.1) is 19.3 Å². The van der Waals surface area contributed by atoms with E-state index in [1.54, 1.807) is 43.5 Å². The second-order valence-electron chi connectivity index (χ2n) is 7.15. The van der Waals surface area contributed by atoms with Gasteiger partial charge in [0.2, 0.25) is 5.88 Å². The Labute approximate surface area is 186 Å². The number of aromatic hydroxyl groups is 1. The van der Waals surface area contributed by atoms with Crippen LogP contribution in [0.1, 0.15) is 39.5 Å². The molecule has 0 unspecified atom stereocenters. The molecule has 32 heavy (non-hydrogen) atoms. The predicted octanol–water partition coefficient (Wildman–Crippen LogP) is 3.62. The zero-order chi connectivity index (χ0) is 23.3. The van der Waals surface area contributed by atoms with Gasteiger partial charge in [-0.1, -0.05) is 12.1 Å². The van der Waals surface area contributed by atoms with Crippen LogP contribution in [0, 0.1) is 18.3 Å². The van der Waals surface area contributed by atoms with Crippen LogP contribution < -0.4 is 15.0 Å². The van der Waals surface area contributed by atoms with Crippen LogP contribution >= 0.6 is 0 Å². The summed E-state index contributed by atoms with van der Waals surface area (Å²) in [5, 5.41) is 20.4. The summed E-state index contributed by atoms with van der Waals surface area (Å²) in [5.41, 5.74) is 0.548. The quantitative estimate of drug-likeness (QED) is 0.546. The van der Waals surface area contributed by atoms with E-state index in [2.05, 4.69) is 0 Å². The first kappa shape index (κ1) is 22.6. The van der Waals surface area contributed by atoms with Gasteiger partial charge in [0, 0.05) is 12.1 Å². The van der Waals surface area contributed by atoms with Crippen LogP contribution in [0.25, 0.3) is 0 Å². The number of ketones is 1. The Balaban J connectivity index is 2.00. The Bertz CT molecular complexity index is 1220. The highest BCUT2D eigenvalue weighted by Gasteiger charge is 2.24. The number of carbonyl (C=O) groups excluding carboxylic acids is 1. The van der Waals surface area contributed by atoms with Crippen LogP contribution in [-0.4, -0.2) is 29.2 Å². The number of hydrogen-bond acceptors (Lipinski definition) is 6. The average molecular weight is 432 g/mol. The van der Waals surface area contributed by atoms with Crippen molar-refractivity contribution in [2.75, 3.05) is 13.7 Å². The highest BCUT2D eigenvalue weighted by molar-refractivity contribution is 6.11. The highest BCUT2D eigenvalue weighted by atomic mass is 16.5. The van der Waals surface area contributed by atoms with E-state index in [0.717, 1.165) is 10.1 Å². The minimum Gasteiger partial charge on any atom is -0.497 e. The van der Waals surface area contributed by atoms with Crippen LogP contribution in [0.2, 0.25) is 0 Å². The molecule has 0 fully saturated rings. The van der Waals surface area contributed by atoms with E-state index in [-0.39, 0.29) is 23.2 Å². The van der Waals surface area contributed by atoms with Gasteiger partial charge in [0.25, 0.3) is 5.56 Å². The van der Waals surface area contributed by atoms with Gasteiger partial charge < -0.3 is 14.6 Å². The van der Waals surface area contributed by atoms with Gasteiger partial charge in [0.1, 0.15) is 23.1 Å². The van der Waals surface area contributed by atoms with Gasteiger partial charge in [-0.3, -0.25) is 14.2 Å². The standard InChI is InChI=1S/C25H24N2O5/c1-4-32-20-11-7-18(8-12-20)23(28)22-16(2)21(15-26)24(29)27(25(22)30)14-13-17-5-9-19(31-3)10-6-17/h5-12,30H,4,13-14H2,1-3H3. The van der Waals surface area contributed by atoms with Gasteiger partial charge in [-0.05, 0) is 67.8 Å². The number of methoxy groups -OCH3 is 1. The molecule has 1 heterocycles. The maximum absolute atomic E-state index is 13.2. The van der Waals surface area contributed by atoms with Crippen LogP contribution in [0.15, 0.2) is 53.3 Å². The second kappa shape index (κ2) is 9.84. The van der Waals surface area contributed by atoms with Crippen molar-refractivity contribution in [3.8, 4) is 23.4 Å². The number of carbonyl (C=O) groups is 1. The molecule has 0 aliphatic rings. The fraction of sp³-hybridized carbons (Fsp3) is 0.240. The molecule has 1 aromatic heterocycles. The zero-order valence-corrected chi connectivity index (χ0v) is 18.2. The molecule has 0 aliphatic heterocycles. The topological polar surface area (TPSA) is 102 Å². The second-order valence-corrected chi connectivity index (χ2v) is 7.15. The number of hydrogen-bond donors (Lipinski definition) is 1. The summed E-state index contributed by atoms with van der Waals surface area (Å²) in [4.78, 5) is 26.0. The molecule has 0 amide bonds. The lowest BCUT2D eigenvalue weighted by Crippen LogP contribution is -2.27. The van der Waals surface area contributed by atoms with E-state index in [1.165, 1.54) is 6.92 Å².